The van der Waals surface area contributed by atoms with Gasteiger partial charge in [-0.05, 0) is 48.2 Å². The Morgan fingerprint density at radius 1 is 0.886 bits per heavy atom. The molecule has 35 heavy (non-hydrogen) atoms. The lowest BCUT2D eigenvalue weighted by atomic mass is 9.84. The fourth-order valence-corrected chi connectivity index (χ4v) is 4.97. The van der Waals surface area contributed by atoms with Crippen LogP contribution in [0.1, 0.15) is 41.1 Å². The van der Waals surface area contributed by atoms with E-state index in [0.717, 1.165) is 22.3 Å². The third kappa shape index (κ3) is 4.55. The number of hydrogen-bond donors (Lipinski definition) is 4. The summed E-state index contributed by atoms with van der Waals surface area (Å²) in [7, 11) is 0. The molecule has 0 aliphatic heterocycles. The molecule has 3 aromatic carbocycles. The van der Waals surface area contributed by atoms with Crippen molar-refractivity contribution in [3.05, 3.63) is 101 Å². The minimum atomic E-state index is -0.984. The Bertz CT molecular complexity index is 1530. The predicted octanol–water partition coefficient (Wildman–Crippen LogP) is 6.14. The number of H-pyrrole nitrogens is 2. The largest absolute Gasteiger partial charge is 0.481 e. The number of hydrogen-bond acceptors (Lipinski definition) is 2. The summed E-state index contributed by atoms with van der Waals surface area (Å²) in [6.07, 6.45) is 2.50. The van der Waals surface area contributed by atoms with Gasteiger partial charge in [0.1, 0.15) is 0 Å². The Kier molecular flexibility index (Phi) is 6.10. The van der Waals surface area contributed by atoms with Crippen molar-refractivity contribution in [2.75, 3.05) is 5.32 Å². The van der Waals surface area contributed by atoms with E-state index in [9.17, 15) is 9.59 Å². The molecule has 0 fully saturated rings. The molecular weight excluding hydrogens is 438 g/mol. The number of aliphatic carboxylic acids is 1. The molecule has 0 aliphatic rings. The monoisotopic (exact) mass is 465 g/mol. The fraction of sp³-hybridized carbons (Fsp3) is 0.172. The first-order valence-electron chi connectivity index (χ1n) is 11.7. The van der Waals surface area contributed by atoms with Crippen LogP contribution in [0.15, 0.2) is 79.0 Å². The number of carbonyl (C=O) groups excluding carboxylic acids is 1. The maximum absolute atomic E-state index is 12.4. The molecule has 0 saturated heterocycles. The van der Waals surface area contributed by atoms with Crippen LogP contribution in [-0.2, 0) is 16.0 Å². The van der Waals surface area contributed by atoms with Crippen LogP contribution in [-0.4, -0.2) is 27.0 Å². The molecule has 6 nitrogen and oxygen atoms in total. The first kappa shape index (κ1) is 22.5. The van der Waals surface area contributed by atoms with Crippen molar-refractivity contribution < 1.29 is 14.7 Å². The van der Waals surface area contributed by atoms with E-state index >= 15 is 0 Å². The molecule has 0 radical (unpaired) electrons. The molecule has 0 spiro atoms. The van der Waals surface area contributed by atoms with Crippen molar-refractivity contribution in [1.82, 2.24) is 9.97 Å². The topological polar surface area (TPSA) is 98.0 Å². The minimum absolute atomic E-state index is 0.0272. The van der Waals surface area contributed by atoms with Crippen molar-refractivity contribution in [2.45, 2.75) is 32.1 Å². The number of carbonyl (C=O) groups is 2. The van der Waals surface area contributed by atoms with Gasteiger partial charge in [0.05, 0.1) is 6.42 Å². The molecule has 5 rings (SSSR count). The maximum atomic E-state index is 12.4. The Hall–Kier alpha value is -4.32. The number of amides is 1. The highest BCUT2D eigenvalue weighted by atomic mass is 16.4. The van der Waals surface area contributed by atoms with E-state index in [1.165, 1.54) is 21.9 Å². The van der Waals surface area contributed by atoms with Crippen molar-refractivity contribution in [2.24, 2.45) is 0 Å². The number of benzene rings is 3. The summed E-state index contributed by atoms with van der Waals surface area (Å²) in [5.74, 6) is -1.26. The van der Waals surface area contributed by atoms with Crippen LogP contribution < -0.4 is 5.32 Å². The zero-order valence-electron chi connectivity index (χ0n) is 19.5. The summed E-state index contributed by atoms with van der Waals surface area (Å²) in [6, 6.07) is 24.4. The van der Waals surface area contributed by atoms with Crippen LogP contribution in [0.25, 0.3) is 21.8 Å². The van der Waals surface area contributed by atoms with Crippen molar-refractivity contribution in [3.8, 4) is 0 Å². The molecule has 4 N–H and O–H groups in total. The van der Waals surface area contributed by atoms with Gasteiger partial charge in [0.15, 0.2) is 0 Å². The Morgan fingerprint density at radius 3 is 2.37 bits per heavy atom. The molecule has 0 unspecified atom stereocenters. The van der Waals surface area contributed by atoms with Gasteiger partial charge in [0.2, 0.25) is 5.91 Å². The fourth-order valence-electron chi connectivity index (χ4n) is 4.97. The van der Waals surface area contributed by atoms with E-state index in [2.05, 4.69) is 64.8 Å². The standard InChI is InChI=1S/C29H27N3O3/c1-18-29(21-10-4-7-13-26(21)31-18)22(23-17-30-25-12-6-3-9-20(23)25)16-19-8-2-5-11-24(19)32-27(33)14-15-28(34)35/h2-13,17,22,30-31H,14-16H2,1H3,(H,32,33)(H,34,35)/t22-/m1/s1. The van der Waals surface area contributed by atoms with E-state index in [1.807, 2.05) is 36.4 Å². The SMILES string of the molecule is Cc1[nH]c2ccccc2c1[C@H](Cc1ccccc1NC(=O)CCC(=O)O)c1c[nH]c2ccccc12. The number of carboxylic acids is 1. The van der Waals surface area contributed by atoms with Gasteiger partial charge in [-0.3, -0.25) is 9.59 Å². The van der Waals surface area contributed by atoms with Crippen LogP contribution in [0.5, 0.6) is 0 Å². The molecule has 0 saturated carbocycles. The number of nitrogens with one attached hydrogen (secondary N) is 3. The Morgan fingerprint density at radius 2 is 1.57 bits per heavy atom. The van der Waals surface area contributed by atoms with Crippen molar-refractivity contribution in [1.29, 1.82) is 0 Å². The van der Waals surface area contributed by atoms with E-state index < -0.39 is 5.97 Å². The molecule has 176 valence electrons. The Labute approximate surface area is 203 Å². The molecular formula is C29H27N3O3. The molecule has 5 aromatic rings. The number of rotatable bonds is 8. The molecule has 6 heteroatoms. The normalized spacial score (nSPS) is 12.1. The highest BCUT2D eigenvalue weighted by Crippen LogP contribution is 2.40. The van der Waals surface area contributed by atoms with Gasteiger partial charge in [-0.1, -0.05) is 54.6 Å². The summed E-state index contributed by atoms with van der Waals surface area (Å²) in [4.78, 5) is 30.3. The number of para-hydroxylation sites is 3. The van der Waals surface area contributed by atoms with Crippen LogP contribution in [0, 0.1) is 6.92 Å². The first-order chi connectivity index (χ1) is 17.0. The average molecular weight is 466 g/mol. The number of aromatic amines is 2. The minimum Gasteiger partial charge on any atom is -0.481 e. The van der Waals surface area contributed by atoms with Gasteiger partial charge in [0, 0.05) is 51.7 Å². The summed E-state index contributed by atoms with van der Waals surface area (Å²) < 4.78 is 0. The summed E-state index contributed by atoms with van der Waals surface area (Å²) in [5, 5.41) is 14.2. The van der Waals surface area contributed by atoms with E-state index in [0.29, 0.717) is 12.1 Å². The number of anilines is 1. The first-order valence-corrected chi connectivity index (χ1v) is 11.7. The summed E-state index contributed by atoms with van der Waals surface area (Å²) >= 11 is 0. The third-order valence-electron chi connectivity index (χ3n) is 6.57. The highest BCUT2D eigenvalue weighted by Gasteiger charge is 2.25. The number of fused-ring (bicyclic) bond motifs is 2. The van der Waals surface area contributed by atoms with Crippen molar-refractivity contribution >= 4 is 39.4 Å². The number of carboxylic acid groups (broad SMARTS) is 1. The highest BCUT2D eigenvalue weighted by molar-refractivity contribution is 5.93. The number of aryl methyl sites for hydroxylation is 1. The maximum Gasteiger partial charge on any atom is 0.303 e. The second-order valence-corrected chi connectivity index (χ2v) is 8.85. The van der Waals surface area contributed by atoms with Crippen LogP contribution in [0.2, 0.25) is 0 Å². The van der Waals surface area contributed by atoms with Gasteiger partial charge in [-0.15, -0.1) is 0 Å². The zero-order chi connectivity index (χ0) is 24.4. The molecule has 1 amide bonds. The molecule has 2 aromatic heterocycles. The predicted molar refractivity (Wildman–Crippen MR) is 139 cm³/mol. The number of aromatic nitrogens is 2. The lowest BCUT2D eigenvalue weighted by Gasteiger charge is -2.20. The molecule has 0 bridgehead atoms. The second kappa shape index (κ2) is 9.50. The van der Waals surface area contributed by atoms with Crippen LogP contribution >= 0.6 is 0 Å². The van der Waals surface area contributed by atoms with Gasteiger partial charge < -0.3 is 20.4 Å². The lowest BCUT2D eigenvalue weighted by molar-refractivity contribution is -0.138. The smallest absolute Gasteiger partial charge is 0.303 e. The third-order valence-corrected chi connectivity index (χ3v) is 6.57. The summed E-state index contributed by atoms with van der Waals surface area (Å²) in [5.41, 5.74) is 7.43. The molecule has 0 aliphatic carbocycles. The van der Waals surface area contributed by atoms with E-state index in [-0.39, 0.29) is 24.7 Å². The van der Waals surface area contributed by atoms with Crippen LogP contribution in [0.4, 0.5) is 5.69 Å². The molecule has 1 atom stereocenters. The van der Waals surface area contributed by atoms with Gasteiger partial charge in [-0.2, -0.15) is 0 Å². The van der Waals surface area contributed by atoms with Gasteiger partial charge in [0.25, 0.3) is 0 Å². The lowest BCUT2D eigenvalue weighted by Crippen LogP contribution is -2.15. The van der Waals surface area contributed by atoms with Gasteiger partial charge in [-0.25, -0.2) is 0 Å². The average Bonchev–Trinajstić information content (AvgIpc) is 3.43. The van der Waals surface area contributed by atoms with E-state index in [4.69, 9.17) is 5.11 Å². The second-order valence-electron chi connectivity index (χ2n) is 8.85. The molecule has 2 heterocycles. The van der Waals surface area contributed by atoms with Crippen molar-refractivity contribution in [3.63, 3.8) is 0 Å². The van der Waals surface area contributed by atoms with Gasteiger partial charge >= 0.3 is 5.97 Å². The van der Waals surface area contributed by atoms with Crippen LogP contribution in [0.3, 0.4) is 0 Å². The zero-order valence-corrected chi connectivity index (χ0v) is 19.5. The van der Waals surface area contributed by atoms with E-state index in [1.54, 1.807) is 0 Å². The quantitative estimate of drug-likeness (QED) is 0.222. The summed E-state index contributed by atoms with van der Waals surface area (Å²) in [6.45, 7) is 2.11. The Balaban J connectivity index is 1.59.